The van der Waals surface area contributed by atoms with Crippen LogP contribution in [0.15, 0.2) is 24.3 Å². The Labute approximate surface area is 111 Å². The predicted octanol–water partition coefficient (Wildman–Crippen LogP) is 4.84. The molecule has 0 saturated carbocycles. The fraction of sp³-hybridized carbons (Fsp3) is 0.625. The zero-order chi connectivity index (χ0) is 13.4. The number of rotatable bonds is 8. The molecule has 0 fully saturated rings. The predicted molar refractivity (Wildman–Crippen MR) is 76.2 cm³/mol. The van der Waals surface area contributed by atoms with E-state index in [0.717, 1.165) is 6.42 Å². The van der Waals surface area contributed by atoms with E-state index < -0.39 is 0 Å². The molecular weight excluding hydrogens is 225 g/mol. The molecule has 18 heavy (non-hydrogen) atoms. The molecule has 0 spiro atoms. The maximum absolute atomic E-state index is 13.0. The summed E-state index contributed by atoms with van der Waals surface area (Å²) in [5.41, 5.74) is 1.20. The zero-order valence-corrected chi connectivity index (χ0v) is 11.9. The van der Waals surface area contributed by atoms with E-state index in [9.17, 15) is 4.39 Å². The SMILES string of the molecule is CCCCC(NC(C)CCC)c1ccc(F)cc1. The van der Waals surface area contributed by atoms with Crippen LogP contribution < -0.4 is 5.32 Å². The van der Waals surface area contributed by atoms with Gasteiger partial charge in [-0.3, -0.25) is 0 Å². The summed E-state index contributed by atoms with van der Waals surface area (Å²) in [6.45, 7) is 6.64. The van der Waals surface area contributed by atoms with Crippen molar-refractivity contribution in [3.05, 3.63) is 35.6 Å². The van der Waals surface area contributed by atoms with Gasteiger partial charge in [0, 0.05) is 12.1 Å². The van der Waals surface area contributed by atoms with Crippen molar-refractivity contribution in [3.63, 3.8) is 0 Å². The molecule has 1 rings (SSSR count). The van der Waals surface area contributed by atoms with Gasteiger partial charge >= 0.3 is 0 Å². The minimum atomic E-state index is -0.158. The Morgan fingerprint density at radius 2 is 1.72 bits per heavy atom. The van der Waals surface area contributed by atoms with Gasteiger partial charge in [0.2, 0.25) is 0 Å². The number of hydrogen-bond donors (Lipinski definition) is 1. The van der Waals surface area contributed by atoms with Crippen LogP contribution in [0, 0.1) is 5.82 Å². The molecule has 0 radical (unpaired) electrons. The van der Waals surface area contributed by atoms with Crippen molar-refractivity contribution in [2.24, 2.45) is 0 Å². The Morgan fingerprint density at radius 3 is 2.28 bits per heavy atom. The summed E-state index contributed by atoms with van der Waals surface area (Å²) in [6, 6.07) is 7.79. The molecule has 1 aromatic rings. The number of hydrogen-bond acceptors (Lipinski definition) is 1. The van der Waals surface area contributed by atoms with Crippen LogP contribution in [0.1, 0.15) is 64.5 Å². The van der Waals surface area contributed by atoms with Crippen molar-refractivity contribution >= 4 is 0 Å². The van der Waals surface area contributed by atoms with Crippen LogP contribution in [0.2, 0.25) is 0 Å². The quantitative estimate of drug-likeness (QED) is 0.697. The smallest absolute Gasteiger partial charge is 0.123 e. The van der Waals surface area contributed by atoms with Crippen LogP contribution >= 0.6 is 0 Å². The molecule has 0 bridgehead atoms. The number of halogens is 1. The van der Waals surface area contributed by atoms with Gasteiger partial charge in [0.05, 0.1) is 0 Å². The first-order valence-corrected chi connectivity index (χ1v) is 7.18. The van der Waals surface area contributed by atoms with Gasteiger partial charge in [-0.1, -0.05) is 45.2 Å². The Balaban J connectivity index is 2.67. The molecule has 0 saturated heterocycles. The van der Waals surface area contributed by atoms with E-state index in [4.69, 9.17) is 0 Å². The van der Waals surface area contributed by atoms with Gasteiger partial charge in [0.15, 0.2) is 0 Å². The monoisotopic (exact) mass is 251 g/mol. The van der Waals surface area contributed by atoms with Crippen LogP contribution in [0.3, 0.4) is 0 Å². The lowest BCUT2D eigenvalue weighted by Crippen LogP contribution is -2.30. The minimum absolute atomic E-state index is 0.158. The fourth-order valence-electron chi connectivity index (χ4n) is 2.31. The number of unbranched alkanes of at least 4 members (excludes halogenated alkanes) is 1. The molecule has 2 atom stereocenters. The summed E-state index contributed by atoms with van der Waals surface area (Å²) in [7, 11) is 0. The largest absolute Gasteiger partial charge is 0.307 e. The standard InChI is InChI=1S/C16H26FN/c1-4-6-8-16(18-13(3)7-5-2)14-9-11-15(17)12-10-14/h9-13,16,18H,4-8H2,1-3H3. The summed E-state index contributed by atoms with van der Waals surface area (Å²) in [5, 5.41) is 3.67. The van der Waals surface area contributed by atoms with E-state index in [0.29, 0.717) is 12.1 Å². The van der Waals surface area contributed by atoms with Gasteiger partial charge in [-0.15, -0.1) is 0 Å². The van der Waals surface area contributed by atoms with Gasteiger partial charge in [0.25, 0.3) is 0 Å². The van der Waals surface area contributed by atoms with Gasteiger partial charge in [-0.2, -0.15) is 0 Å². The first-order chi connectivity index (χ1) is 8.67. The van der Waals surface area contributed by atoms with E-state index in [2.05, 4.69) is 26.1 Å². The molecule has 0 aromatic heterocycles. The first kappa shape index (κ1) is 15.2. The molecule has 1 nitrogen and oxygen atoms in total. The van der Waals surface area contributed by atoms with Crippen molar-refractivity contribution in [2.45, 2.75) is 65.0 Å². The van der Waals surface area contributed by atoms with E-state index in [1.54, 1.807) is 12.1 Å². The van der Waals surface area contributed by atoms with Crippen LogP contribution in [-0.2, 0) is 0 Å². The summed E-state index contributed by atoms with van der Waals surface area (Å²) in [6.07, 6.45) is 5.90. The lowest BCUT2D eigenvalue weighted by Gasteiger charge is -2.23. The molecule has 1 N–H and O–H groups in total. The second-order valence-corrected chi connectivity index (χ2v) is 5.10. The van der Waals surface area contributed by atoms with Gasteiger partial charge in [0.1, 0.15) is 5.82 Å². The Bertz CT molecular complexity index is 320. The van der Waals surface area contributed by atoms with Gasteiger partial charge in [-0.05, 0) is 37.5 Å². The fourth-order valence-corrected chi connectivity index (χ4v) is 2.31. The van der Waals surface area contributed by atoms with Crippen molar-refractivity contribution in [1.29, 1.82) is 0 Å². The molecule has 102 valence electrons. The average molecular weight is 251 g/mol. The van der Waals surface area contributed by atoms with E-state index >= 15 is 0 Å². The molecule has 0 heterocycles. The summed E-state index contributed by atoms with van der Waals surface area (Å²) in [5.74, 6) is -0.158. The molecular formula is C16H26FN. The van der Waals surface area contributed by atoms with Crippen LogP contribution in [0.5, 0.6) is 0 Å². The second-order valence-electron chi connectivity index (χ2n) is 5.10. The lowest BCUT2D eigenvalue weighted by molar-refractivity contribution is 0.406. The molecule has 2 unspecified atom stereocenters. The summed E-state index contributed by atoms with van der Waals surface area (Å²) < 4.78 is 13.0. The third-order valence-electron chi connectivity index (χ3n) is 3.33. The van der Waals surface area contributed by atoms with Crippen LogP contribution in [-0.4, -0.2) is 6.04 Å². The van der Waals surface area contributed by atoms with Crippen molar-refractivity contribution in [3.8, 4) is 0 Å². The Hall–Kier alpha value is -0.890. The Kier molecular flexibility index (Phi) is 6.96. The lowest BCUT2D eigenvalue weighted by atomic mass is 9.99. The number of benzene rings is 1. The Morgan fingerprint density at radius 1 is 1.06 bits per heavy atom. The van der Waals surface area contributed by atoms with Gasteiger partial charge in [-0.25, -0.2) is 4.39 Å². The molecule has 0 aliphatic heterocycles. The second kappa shape index (κ2) is 8.25. The summed E-state index contributed by atoms with van der Waals surface area (Å²) in [4.78, 5) is 0. The highest BCUT2D eigenvalue weighted by Crippen LogP contribution is 2.21. The van der Waals surface area contributed by atoms with Crippen molar-refractivity contribution < 1.29 is 4.39 Å². The van der Waals surface area contributed by atoms with Gasteiger partial charge < -0.3 is 5.32 Å². The average Bonchev–Trinajstić information content (AvgIpc) is 2.36. The molecule has 1 aromatic carbocycles. The van der Waals surface area contributed by atoms with Crippen molar-refractivity contribution in [1.82, 2.24) is 5.32 Å². The van der Waals surface area contributed by atoms with E-state index in [1.807, 2.05) is 12.1 Å². The highest BCUT2D eigenvalue weighted by atomic mass is 19.1. The van der Waals surface area contributed by atoms with Crippen LogP contribution in [0.4, 0.5) is 4.39 Å². The highest BCUT2D eigenvalue weighted by Gasteiger charge is 2.13. The molecule has 0 aliphatic carbocycles. The highest BCUT2D eigenvalue weighted by molar-refractivity contribution is 5.20. The van der Waals surface area contributed by atoms with Crippen LogP contribution in [0.25, 0.3) is 0 Å². The zero-order valence-electron chi connectivity index (χ0n) is 11.9. The van der Waals surface area contributed by atoms with E-state index in [-0.39, 0.29) is 5.82 Å². The molecule has 0 amide bonds. The third kappa shape index (κ3) is 5.18. The molecule has 2 heteroatoms. The van der Waals surface area contributed by atoms with Crippen molar-refractivity contribution in [2.75, 3.05) is 0 Å². The summed E-state index contributed by atoms with van der Waals surface area (Å²) >= 11 is 0. The molecule has 0 aliphatic rings. The maximum Gasteiger partial charge on any atom is 0.123 e. The van der Waals surface area contributed by atoms with E-state index in [1.165, 1.54) is 31.2 Å². The minimum Gasteiger partial charge on any atom is -0.307 e. The third-order valence-corrected chi connectivity index (χ3v) is 3.33. The number of nitrogens with one attached hydrogen (secondary N) is 1. The first-order valence-electron chi connectivity index (χ1n) is 7.18. The maximum atomic E-state index is 13.0. The normalized spacial score (nSPS) is 14.4. The topological polar surface area (TPSA) is 12.0 Å².